The number of carbonyl (C=O) groups is 1. The Kier molecular flexibility index (Phi) is 6.39. The molecule has 3 heterocycles. The lowest BCUT2D eigenvalue weighted by Crippen LogP contribution is -2.29. The summed E-state index contributed by atoms with van der Waals surface area (Å²) in [4.78, 5) is 16.2. The van der Waals surface area contributed by atoms with Crippen molar-refractivity contribution in [2.24, 2.45) is 0 Å². The SMILES string of the molecule is O=C(O)c1c(-c2ccncc2)nn2cc(N(CCc3ccc(Br)c(F)c3)S(=O)O)c(C3CC3)cc12. The van der Waals surface area contributed by atoms with Crippen LogP contribution < -0.4 is 4.31 Å². The number of hydrogen-bond donors (Lipinski definition) is 2. The smallest absolute Gasteiger partial charge is 0.340 e. The van der Waals surface area contributed by atoms with E-state index in [1.54, 1.807) is 48.9 Å². The van der Waals surface area contributed by atoms with Crippen LogP contribution in [0.2, 0.25) is 0 Å². The van der Waals surface area contributed by atoms with Crippen LogP contribution in [0.1, 0.15) is 40.2 Å². The fraction of sp³-hybridized carbons (Fsp3) is 0.208. The Morgan fingerprint density at radius 1 is 1.23 bits per heavy atom. The maximum Gasteiger partial charge on any atom is 0.340 e. The molecule has 0 aliphatic heterocycles. The number of anilines is 1. The molecular formula is C24H20BrFN4O4S. The fourth-order valence-electron chi connectivity index (χ4n) is 4.16. The number of rotatable bonds is 8. The zero-order valence-corrected chi connectivity index (χ0v) is 20.7. The van der Waals surface area contributed by atoms with Gasteiger partial charge >= 0.3 is 5.97 Å². The quantitative estimate of drug-likeness (QED) is 0.293. The first kappa shape index (κ1) is 23.6. The van der Waals surface area contributed by atoms with E-state index in [1.165, 1.54) is 14.9 Å². The largest absolute Gasteiger partial charge is 0.478 e. The van der Waals surface area contributed by atoms with E-state index in [0.717, 1.165) is 18.4 Å². The lowest BCUT2D eigenvalue weighted by Gasteiger charge is -2.23. The number of halogens is 2. The number of carboxylic acid groups (broad SMARTS) is 1. The lowest BCUT2D eigenvalue weighted by atomic mass is 10.0. The molecule has 180 valence electrons. The Morgan fingerprint density at radius 2 is 1.97 bits per heavy atom. The molecule has 1 saturated carbocycles. The van der Waals surface area contributed by atoms with Crippen molar-refractivity contribution in [2.75, 3.05) is 10.8 Å². The van der Waals surface area contributed by atoms with Crippen LogP contribution in [0.4, 0.5) is 10.1 Å². The average Bonchev–Trinajstić information content (AvgIpc) is 3.61. The lowest BCUT2D eigenvalue weighted by molar-refractivity contribution is 0.0699. The third kappa shape index (κ3) is 4.71. The Hall–Kier alpha value is -3.15. The molecule has 5 rings (SSSR count). The number of benzene rings is 1. The molecule has 0 spiro atoms. The third-order valence-corrected chi connectivity index (χ3v) is 7.41. The van der Waals surface area contributed by atoms with E-state index < -0.39 is 23.1 Å². The second-order valence-corrected chi connectivity index (χ2v) is 10.1. The van der Waals surface area contributed by atoms with Crippen molar-refractivity contribution in [1.29, 1.82) is 0 Å². The molecule has 8 nitrogen and oxygen atoms in total. The molecule has 1 atom stereocenters. The fourth-order valence-corrected chi connectivity index (χ4v) is 4.97. The molecule has 3 aromatic heterocycles. The summed E-state index contributed by atoms with van der Waals surface area (Å²) in [6.45, 7) is 0.152. The van der Waals surface area contributed by atoms with Crippen molar-refractivity contribution in [3.8, 4) is 11.3 Å². The van der Waals surface area contributed by atoms with Gasteiger partial charge in [-0.1, -0.05) is 6.07 Å². The summed E-state index contributed by atoms with van der Waals surface area (Å²) in [5, 5.41) is 14.5. The topological polar surface area (TPSA) is 108 Å². The number of aromatic nitrogens is 3. The van der Waals surface area contributed by atoms with Gasteiger partial charge < -0.3 is 5.11 Å². The Balaban J connectivity index is 1.60. The molecule has 0 amide bonds. The van der Waals surface area contributed by atoms with E-state index in [-0.39, 0.29) is 18.0 Å². The average molecular weight is 559 g/mol. The summed E-state index contributed by atoms with van der Waals surface area (Å²) in [5.41, 5.74) is 3.35. The van der Waals surface area contributed by atoms with Crippen molar-refractivity contribution < 1.29 is 23.1 Å². The van der Waals surface area contributed by atoms with E-state index in [2.05, 4.69) is 26.0 Å². The van der Waals surface area contributed by atoms with E-state index in [1.807, 2.05) is 0 Å². The minimum absolute atomic E-state index is 0.0617. The minimum atomic E-state index is -2.36. The van der Waals surface area contributed by atoms with E-state index in [9.17, 15) is 23.1 Å². The van der Waals surface area contributed by atoms with E-state index in [0.29, 0.717) is 38.9 Å². The summed E-state index contributed by atoms with van der Waals surface area (Å²) in [5.74, 6) is -1.35. The van der Waals surface area contributed by atoms with Gasteiger partial charge in [0.05, 0.1) is 21.9 Å². The van der Waals surface area contributed by atoms with Crippen molar-refractivity contribution >= 4 is 44.4 Å². The molecule has 0 saturated heterocycles. The summed E-state index contributed by atoms with van der Waals surface area (Å²) < 4.78 is 39.6. The standard InChI is InChI=1S/C24H20BrFN4O4S/c25-18-4-1-14(11-19(18)26)7-10-30(35(33)34)21-13-29-20(12-17(21)15-2-3-15)22(24(31)32)23(28-29)16-5-8-27-9-6-16/h1,4-6,8-9,11-13,15H,2-3,7,10H2,(H,31,32)(H,33,34). The highest BCUT2D eigenvalue weighted by Crippen LogP contribution is 2.46. The van der Waals surface area contributed by atoms with Crippen molar-refractivity contribution in [2.45, 2.75) is 25.2 Å². The van der Waals surface area contributed by atoms with Gasteiger partial charge in [-0.25, -0.2) is 17.9 Å². The Labute approximate surface area is 211 Å². The molecule has 35 heavy (non-hydrogen) atoms. The van der Waals surface area contributed by atoms with Crippen LogP contribution in [-0.2, 0) is 17.7 Å². The molecule has 4 aromatic rings. The van der Waals surface area contributed by atoms with Gasteiger partial charge in [0.1, 0.15) is 17.1 Å². The molecular weight excluding hydrogens is 539 g/mol. The highest BCUT2D eigenvalue weighted by atomic mass is 79.9. The van der Waals surface area contributed by atoms with Gasteiger partial charge in [-0.15, -0.1) is 0 Å². The molecule has 1 aromatic carbocycles. The zero-order chi connectivity index (χ0) is 24.7. The summed E-state index contributed by atoms with van der Waals surface area (Å²) in [7, 11) is 0. The van der Waals surface area contributed by atoms with Crippen molar-refractivity contribution in [1.82, 2.24) is 14.6 Å². The maximum atomic E-state index is 13.9. The minimum Gasteiger partial charge on any atom is -0.478 e. The van der Waals surface area contributed by atoms with Gasteiger partial charge in [-0.2, -0.15) is 5.10 Å². The van der Waals surface area contributed by atoms with Crippen LogP contribution in [-0.4, -0.2) is 41.0 Å². The summed E-state index contributed by atoms with van der Waals surface area (Å²) >= 11 is 0.772. The first-order chi connectivity index (χ1) is 16.8. The van der Waals surface area contributed by atoms with Gasteiger partial charge in [0.25, 0.3) is 11.3 Å². The van der Waals surface area contributed by atoms with Gasteiger partial charge in [0, 0.05) is 24.5 Å². The molecule has 1 aliphatic carbocycles. The Morgan fingerprint density at radius 3 is 2.60 bits per heavy atom. The third-order valence-electron chi connectivity index (χ3n) is 6.01. The first-order valence-corrected chi connectivity index (χ1v) is 12.7. The summed E-state index contributed by atoms with van der Waals surface area (Å²) in [6.07, 6.45) is 6.87. The Bertz CT molecular complexity index is 1460. The second-order valence-electron chi connectivity index (χ2n) is 8.31. The van der Waals surface area contributed by atoms with E-state index in [4.69, 9.17) is 0 Å². The van der Waals surface area contributed by atoms with Gasteiger partial charge in [0.2, 0.25) is 0 Å². The predicted octanol–water partition coefficient (Wildman–Crippen LogP) is 5.06. The van der Waals surface area contributed by atoms with Crippen LogP contribution in [0, 0.1) is 5.82 Å². The molecule has 1 unspecified atom stereocenters. The molecule has 1 aliphatic rings. The second kappa shape index (κ2) is 9.48. The van der Waals surface area contributed by atoms with Gasteiger partial charge in [0.15, 0.2) is 0 Å². The monoisotopic (exact) mass is 558 g/mol. The van der Waals surface area contributed by atoms with Crippen LogP contribution in [0.5, 0.6) is 0 Å². The number of pyridine rings is 2. The van der Waals surface area contributed by atoms with Crippen molar-refractivity contribution in [3.63, 3.8) is 0 Å². The van der Waals surface area contributed by atoms with Gasteiger partial charge in [-0.3, -0.25) is 13.8 Å². The molecule has 0 radical (unpaired) electrons. The molecule has 11 heteroatoms. The van der Waals surface area contributed by atoms with Crippen LogP contribution in [0.25, 0.3) is 16.8 Å². The van der Waals surface area contributed by atoms with Crippen LogP contribution in [0.15, 0.2) is 59.5 Å². The highest BCUT2D eigenvalue weighted by Gasteiger charge is 2.32. The molecule has 0 bridgehead atoms. The van der Waals surface area contributed by atoms with Crippen LogP contribution >= 0.6 is 15.9 Å². The molecule has 2 N–H and O–H groups in total. The van der Waals surface area contributed by atoms with E-state index >= 15 is 0 Å². The zero-order valence-electron chi connectivity index (χ0n) is 18.3. The number of nitrogens with zero attached hydrogens (tertiary/aromatic N) is 4. The number of hydrogen-bond acceptors (Lipinski definition) is 4. The molecule has 1 fully saturated rings. The number of aromatic carboxylic acids is 1. The van der Waals surface area contributed by atoms with Crippen molar-refractivity contribution in [3.05, 3.63) is 82.0 Å². The number of carboxylic acids is 1. The highest BCUT2D eigenvalue weighted by molar-refractivity contribution is 9.10. The predicted molar refractivity (Wildman–Crippen MR) is 133 cm³/mol. The summed E-state index contributed by atoms with van der Waals surface area (Å²) in [6, 6.07) is 9.87. The normalized spacial score (nSPS) is 14.3. The maximum absolute atomic E-state index is 13.9. The van der Waals surface area contributed by atoms with Gasteiger partial charge in [-0.05, 0) is 82.6 Å². The van der Waals surface area contributed by atoms with Crippen LogP contribution in [0.3, 0.4) is 0 Å². The number of fused-ring (bicyclic) bond motifs is 1. The first-order valence-electron chi connectivity index (χ1n) is 10.9.